The van der Waals surface area contributed by atoms with Crippen molar-refractivity contribution in [3.05, 3.63) is 89.9 Å². The Bertz CT molecular complexity index is 1390. The Labute approximate surface area is 220 Å². The molecule has 3 aromatic carbocycles. The van der Waals surface area contributed by atoms with E-state index in [2.05, 4.69) is 33.9 Å². The Hall–Kier alpha value is -3.62. The molecule has 8 heteroatoms. The molecule has 1 saturated heterocycles. The Morgan fingerprint density at radius 2 is 1.86 bits per heavy atom. The smallest absolute Gasteiger partial charge is 0.223 e. The van der Waals surface area contributed by atoms with Crippen molar-refractivity contribution in [3.63, 3.8) is 0 Å². The fourth-order valence-electron chi connectivity index (χ4n) is 3.82. The lowest BCUT2D eigenvalue weighted by Gasteiger charge is -2.26. The van der Waals surface area contributed by atoms with E-state index in [9.17, 15) is 0 Å². The Morgan fingerprint density at radius 3 is 2.59 bits per heavy atom. The van der Waals surface area contributed by atoms with Crippen LogP contribution in [0.3, 0.4) is 0 Å². The molecule has 5 rings (SSSR count). The number of nitrogens with zero attached hydrogens (tertiary/aromatic N) is 2. The summed E-state index contributed by atoms with van der Waals surface area (Å²) in [5.74, 6) is 1.04. The van der Waals surface area contributed by atoms with Crippen molar-refractivity contribution in [3.8, 4) is 22.8 Å². The van der Waals surface area contributed by atoms with Gasteiger partial charge in [-0.1, -0.05) is 38.1 Å². The highest BCUT2D eigenvalue weighted by Gasteiger charge is 2.20. The van der Waals surface area contributed by atoms with Gasteiger partial charge in [0.2, 0.25) is 5.95 Å². The first kappa shape index (κ1) is 25.0. The van der Waals surface area contributed by atoms with Gasteiger partial charge in [-0.25, -0.2) is 14.4 Å². The van der Waals surface area contributed by atoms with Gasteiger partial charge in [-0.05, 0) is 72.3 Å². The average Bonchev–Trinajstić information content (AvgIpc) is 2.87. The zero-order valence-corrected chi connectivity index (χ0v) is 21.8. The molecule has 1 aliphatic rings. The summed E-state index contributed by atoms with van der Waals surface area (Å²) in [6, 6.07) is 20.9. The van der Waals surface area contributed by atoms with Crippen molar-refractivity contribution in [1.82, 2.24) is 9.97 Å². The topological polar surface area (TPSA) is 68.3 Å². The molecule has 0 unspecified atom stereocenters. The molecule has 0 bridgehead atoms. The Kier molecular flexibility index (Phi) is 7.58. The van der Waals surface area contributed by atoms with E-state index in [0.29, 0.717) is 36.3 Å². The normalized spacial score (nSPS) is 13.3. The van der Waals surface area contributed by atoms with Gasteiger partial charge < -0.3 is 19.5 Å². The molecule has 190 valence electrons. The SMILES string of the molecule is Cc1ccccc1SNc1ccc(Oc2cc(C(C)C)ccc2-c2ccnc(NC3COC3)n2)c(F)c1. The van der Waals surface area contributed by atoms with E-state index in [-0.39, 0.29) is 17.7 Å². The highest BCUT2D eigenvalue weighted by Crippen LogP contribution is 2.37. The number of aromatic nitrogens is 2. The Balaban J connectivity index is 1.39. The van der Waals surface area contributed by atoms with Crippen LogP contribution in [-0.2, 0) is 4.74 Å². The lowest BCUT2D eigenvalue weighted by molar-refractivity contribution is 0.0208. The molecule has 0 amide bonds. The van der Waals surface area contributed by atoms with Gasteiger partial charge in [-0.3, -0.25) is 0 Å². The third-order valence-electron chi connectivity index (χ3n) is 6.10. The summed E-state index contributed by atoms with van der Waals surface area (Å²) >= 11 is 1.45. The predicted molar refractivity (Wildman–Crippen MR) is 147 cm³/mol. The second-order valence-corrected chi connectivity index (χ2v) is 10.1. The largest absolute Gasteiger partial charge is 0.454 e. The molecule has 0 saturated carbocycles. The summed E-state index contributed by atoms with van der Waals surface area (Å²) < 4.78 is 29.8. The average molecular weight is 517 g/mol. The highest BCUT2D eigenvalue weighted by molar-refractivity contribution is 8.00. The van der Waals surface area contributed by atoms with E-state index in [4.69, 9.17) is 9.47 Å². The quantitative estimate of drug-likeness (QED) is 0.224. The summed E-state index contributed by atoms with van der Waals surface area (Å²) in [7, 11) is 0. The van der Waals surface area contributed by atoms with Crippen LogP contribution in [0, 0.1) is 12.7 Å². The molecule has 1 aromatic heterocycles. The molecular formula is C29H29FN4O2S. The minimum Gasteiger partial charge on any atom is -0.454 e. The maximum atomic E-state index is 15.2. The number of halogens is 1. The zero-order valence-electron chi connectivity index (χ0n) is 21.0. The fraction of sp³-hybridized carbons (Fsp3) is 0.241. The van der Waals surface area contributed by atoms with Crippen LogP contribution in [0.5, 0.6) is 11.5 Å². The van der Waals surface area contributed by atoms with Gasteiger partial charge in [-0.2, -0.15) is 0 Å². The monoisotopic (exact) mass is 516 g/mol. The molecule has 2 heterocycles. The fourth-order valence-corrected chi connectivity index (χ4v) is 4.55. The number of anilines is 2. The summed E-state index contributed by atoms with van der Waals surface area (Å²) in [6.07, 6.45) is 1.71. The van der Waals surface area contributed by atoms with Gasteiger partial charge in [0.1, 0.15) is 5.75 Å². The van der Waals surface area contributed by atoms with Crippen molar-refractivity contribution in [2.45, 2.75) is 37.6 Å². The molecule has 0 spiro atoms. The molecular weight excluding hydrogens is 487 g/mol. The first-order valence-electron chi connectivity index (χ1n) is 12.2. The molecule has 6 nitrogen and oxygen atoms in total. The van der Waals surface area contributed by atoms with Crippen LogP contribution in [0.25, 0.3) is 11.3 Å². The number of hydrogen-bond acceptors (Lipinski definition) is 7. The van der Waals surface area contributed by atoms with Crippen molar-refractivity contribution in [2.75, 3.05) is 23.3 Å². The van der Waals surface area contributed by atoms with E-state index >= 15 is 4.39 Å². The molecule has 0 aliphatic carbocycles. The van der Waals surface area contributed by atoms with Crippen molar-refractivity contribution in [1.29, 1.82) is 0 Å². The van der Waals surface area contributed by atoms with Crippen LogP contribution in [0.2, 0.25) is 0 Å². The van der Waals surface area contributed by atoms with Gasteiger partial charge in [0, 0.05) is 28.4 Å². The lowest BCUT2D eigenvalue weighted by Crippen LogP contribution is -2.40. The number of aryl methyl sites for hydroxylation is 1. The van der Waals surface area contributed by atoms with Crippen LogP contribution < -0.4 is 14.8 Å². The maximum Gasteiger partial charge on any atom is 0.223 e. The van der Waals surface area contributed by atoms with Crippen LogP contribution >= 0.6 is 11.9 Å². The van der Waals surface area contributed by atoms with Crippen LogP contribution in [0.4, 0.5) is 16.0 Å². The van der Waals surface area contributed by atoms with Crippen LogP contribution in [0.1, 0.15) is 30.9 Å². The molecule has 4 aromatic rings. The van der Waals surface area contributed by atoms with E-state index in [1.54, 1.807) is 12.3 Å². The van der Waals surface area contributed by atoms with Gasteiger partial charge in [0.05, 0.1) is 24.9 Å². The predicted octanol–water partition coefficient (Wildman–Crippen LogP) is 7.44. The minimum absolute atomic E-state index is 0.146. The van der Waals surface area contributed by atoms with Gasteiger partial charge >= 0.3 is 0 Å². The first-order chi connectivity index (χ1) is 18.0. The van der Waals surface area contributed by atoms with Gasteiger partial charge in [0.15, 0.2) is 11.6 Å². The van der Waals surface area contributed by atoms with E-state index < -0.39 is 5.82 Å². The van der Waals surface area contributed by atoms with Crippen molar-refractivity contribution >= 4 is 23.6 Å². The van der Waals surface area contributed by atoms with Gasteiger partial charge in [-0.15, -0.1) is 0 Å². The van der Waals surface area contributed by atoms with Crippen molar-refractivity contribution < 1.29 is 13.9 Å². The van der Waals surface area contributed by atoms with Crippen LogP contribution in [0.15, 0.2) is 77.8 Å². The number of benzene rings is 3. The van der Waals surface area contributed by atoms with E-state index in [1.165, 1.54) is 18.0 Å². The molecule has 1 fully saturated rings. The highest BCUT2D eigenvalue weighted by atomic mass is 32.2. The third-order valence-corrected chi connectivity index (χ3v) is 7.12. The lowest BCUT2D eigenvalue weighted by atomic mass is 9.99. The number of nitrogens with one attached hydrogen (secondary N) is 2. The summed E-state index contributed by atoms with van der Waals surface area (Å²) in [5, 5.41) is 3.27. The molecule has 0 radical (unpaired) electrons. The van der Waals surface area contributed by atoms with Gasteiger partial charge in [0.25, 0.3) is 0 Å². The standard InChI is InChI=1S/C29H29FN4O2S/c1-18(2)20-8-10-23(25-12-13-31-29(33-25)32-22-16-35-17-22)27(14-20)36-26-11-9-21(15-24(26)30)34-37-28-7-5-4-6-19(28)3/h4-15,18,22,34H,16-17H2,1-3H3,(H,31,32,33). The summed E-state index contributed by atoms with van der Waals surface area (Å²) in [5.41, 5.74) is 4.35. The van der Waals surface area contributed by atoms with E-state index in [0.717, 1.165) is 21.6 Å². The number of rotatable bonds is 9. The zero-order chi connectivity index (χ0) is 25.8. The minimum atomic E-state index is -0.452. The first-order valence-corrected chi connectivity index (χ1v) is 13.1. The molecule has 2 N–H and O–H groups in total. The molecule has 0 atom stereocenters. The van der Waals surface area contributed by atoms with Crippen molar-refractivity contribution in [2.24, 2.45) is 0 Å². The Morgan fingerprint density at radius 1 is 1.03 bits per heavy atom. The third kappa shape index (κ3) is 6.03. The second-order valence-electron chi connectivity index (χ2n) is 9.27. The molecule has 1 aliphatic heterocycles. The maximum absolute atomic E-state index is 15.2. The summed E-state index contributed by atoms with van der Waals surface area (Å²) in [6.45, 7) is 7.54. The number of hydrogen-bond donors (Lipinski definition) is 2. The van der Waals surface area contributed by atoms with E-state index in [1.807, 2.05) is 61.5 Å². The molecule has 37 heavy (non-hydrogen) atoms. The second kappa shape index (κ2) is 11.2. The van der Waals surface area contributed by atoms with Crippen LogP contribution in [-0.4, -0.2) is 29.2 Å². The summed E-state index contributed by atoms with van der Waals surface area (Å²) in [4.78, 5) is 10.1. The number of ether oxygens (including phenoxy) is 2.